The number of nitrogens with zero attached hydrogens (tertiary/aromatic N) is 1. The minimum Gasteiger partial charge on any atom is -0.441 e. The summed E-state index contributed by atoms with van der Waals surface area (Å²) in [6, 6.07) is 3.16. The van der Waals surface area contributed by atoms with Crippen molar-refractivity contribution < 1.29 is 22.2 Å². The van der Waals surface area contributed by atoms with Crippen molar-refractivity contribution in [2.75, 3.05) is 11.5 Å². The van der Waals surface area contributed by atoms with Crippen LogP contribution in [0.25, 0.3) is 11.3 Å². The Labute approximate surface area is 139 Å². The van der Waals surface area contributed by atoms with Crippen LogP contribution in [-0.2, 0) is 22.0 Å². The molecule has 0 unspecified atom stereocenters. The molecular formula is C16H16F2N2O3S. The Bertz CT molecular complexity index is 778. The van der Waals surface area contributed by atoms with Crippen LogP contribution >= 0.6 is 0 Å². The Balaban J connectivity index is 1.56. The number of rotatable bonds is 5. The van der Waals surface area contributed by atoms with Gasteiger partial charge in [-0.3, -0.25) is 9.00 Å². The zero-order chi connectivity index (χ0) is 17.1. The summed E-state index contributed by atoms with van der Waals surface area (Å²) >= 11 is 0. The van der Waals surface area contributed by atoms with Gasteiger partial charge >= 0.3 is 0 Å². The third kappa shape index (κ3) is 4.05. The van der Waals surface area contributed by atoms with Crippen molar-refractivity contribution in [3.05, 3.63) is 41.9 Å². The number of nitrogens with one attached hydrogen (secondary N) is 1. The van der Waals surface area contributed by atoms with Crippen LogP contribution in [0.5, 0.6) is 0 Å². The number of benzene rings is 1. The standard InChI is InChI=1S/C16H16F2N2O3S/c17-10-1-2-12(13(18)7-10)14-8-19-16(23-14)4-3-15(21)20-11-5-6-24(22)9-11/h1-2,7-8,11H,3-6,9H2,(H,20,21)/t11-,24+/m0/s1. The molecule has 24 heavy (non-hydrogen) atoms. The average Bonchev–Trinajstić information content (AvgIpc) is 3.14. The van der Waals surface area contributed by atoms with Crippen LogP contribution in [-0.4, -0.2) is 32.6 Å². The maximum absolute atomic E-state index is 13.7. The third-order valence-electron chi connectivity index (χ3n) is 3.76. The quantitative estimate of drug-likeness (QED) is 0.893. The summed E-state index contributed by atoms with van der Waals surface area (Å²) in [5.74, 6) is 0.0560. The van der Waals surface area contributed by atoms with Gasteiger partial charge in [-0.15, -0.1) is 0 Å². The number of aryl methyl sites for hydroxylation is 1. The predicted octanol–water partition coefficient (Wildman–Crippen LogP) is 2.19. The summed E-state index contributed by atoms with van der Waals surface area (Å²) in [6.07, 6.45) is 2.52. The van der Waals surface area contributed by atoms with Gasteiger partial charge in [0.05, 0.1) is 11.8 Å². The number of hydrogen-bond donors (Lipinski definition) is 1. The number of aromatic nitrogens is 1. The van der Waals surface area contributed by atoms with Gasteiger partial charge in [0.2, 0.25) is 5.91 Å². The second-order valence-corrected chi connectivity index (χ2v) is 7.23. The Kier molecular flexibility index (Phi) is 5.03. The molecule has 1 amide bonds. The summed E-state index contributed by atoms with van der Waals surface area (Å²) < 4.78 is 43.3. The number of halogens is 2. The monoisotopic (exact) mass is 354 g/mol. The summed E-state index contributed by atoms with van der Waals surface area (Å²) in [5.41, 5.74) is 0.119. The van der Waals surface area contributed by atoms with Gasteiger partial charge < -0.3 is 9.73 Å². The SMILES string of the molecule is O=C(CCc1ncc(-c2ccc(F)cc2F)o1)N[C@H]1CC[S@@](=O)C1. The van der Waals surface area contributed by atoms with Crippen molar-refractivity contribution in [1.29, 1.82) is 0 Å². The molecule has 2 heterocycles. The average molecular weight is 354 g/mol. The highest BCUT2D eigenvalue weighted by atomic mass is 32.2. The molecule has 0 aliphatic carbocycles. The lowest BCUT2D eigenvalue weighted by molar-refractivity contribution is -0.121. The Morgan fingerprint density at radius 1 is 1.42 bits per heavy atom. The number of carbonyl (C=O) groups excluding carboxylic acids is 1. The topological polar surface area (TPSA) is 72.2 Å². The van der Waals surface area contributed by atoms with E-state index in [4.69, 9.17) is 4.42 Å². The first-order chi connectivity index (χ1) is 11.5. The number of carbonyl (C=O) groups is 1. The molecule has 2 atom stereocenters. The second kappa shape index (κ2) is 7.21. The molecule has 1 N–H and O–H groups in total. The lowest BCUT2D eigenvalue weighted by Gasteiger charge is -2.09. The van der Waals surface area contributed by atoms with Gasteiger partial charge in [0.25, 0.3) is 0 Å². The molecule has 0 bridgehead atoms. The molecule has 1 aliphatic heterocycles. The third-order valence-corrected chi connectivity index (χ3v) is 5.23. The lowest BCUT2D eigenvalue weighted by Crippen LogP contribution is -2.35. The minimum absolute atomic E-state index is 0.0354. The molecule has 0 spiro atoms. The Hall–Kier alpha value is -2.09. The normalized spacial score (nSPS) is 20.2. The molecule has 1 aromatic heterocycles. The molecule has 1 fully saturated rings. The fourth-order valence-corrected chi connectivity index (χ4v) is 3.95. The van der Waals surface area contributed by atoms with E-state index in [1.54, 1.807) is 0 Å². The first-order valence-electron chi connectivity index (χ1n) is 7.56. The van der Waals surface area contributed by atoms with Crippen molar-refractivity contribution in [2.24, 2.45) is 0 Å². The largest absolute Gasteiger partial charge is 0.441 e. The summed E-state index contributed by atoms with van der Waals surface area (Å²) in [7, 11) is -0.839. The van der Waals surface area contributed by atoms with Gasteiger partial charge in [-0.2, -0.15) is 0 Å². The van der Waals surface area contributed by atoms with Crippen molar-refractivity contribution in [3.63, 3.8) is 0 Å². The summed E-state index contributed by atoms with van der Waals surface area (Å²) in [5, 5.41) is 2.83. The molecule has 1 aromatic carbocycles. The molecule has 0 radical (unpaired) electrons. The minimum atomic E-state index is -0.839. The zero-order valence-corrected chi connectivity index (χ0v) is 13.6. The number of oxazole rings is 1. The van der Waals surface area contributed by atoms with E-state index in [1.807, 2.05) is 0 Å². The van der Waals surface area contributed by atoms with Crippen molar-refractivity contribution in [3.8, 4) is 11.3 Å². The lowest BCUT2D eigenvalue weighted by atomic mass is 10.2. The van der Waals surface area contributed by atoms with Gasteiger partial charge in [0, 0.05) is 47.3 Å². The summed E-state index contributed by atoms with van der Waals surface area (Å²) in [6.45, 7) is 0. The first kappa shape index (κ1) is 16.8. The molecule has 1 saturated heterocycles. The van der Waals surface area contributed by atoms with E-state index < -0.39 is 22.4 Å². The van der Waals surface area contributed by atoms with Crippen molar-refractivity contribution in [2.45, 2.75) is 25.3 Å². The molecule has 8 heteroatoms. The van der Waals surface area contributed by atoms with Crippen molar-refractivity contribution in [1.82, 2.24) is 10.3 Å². The van der Waals surface area contributed by atoms with E-state index >= 15 is 0 Å². The van der Waals surface area contributed by atoms with Crippen LogP contribution < -0.4 is 5.32 Å². The van der Waals surface area contributed by atoms with Crippen LogP contribution in [0.3, 0.4) is 0 Å². The van der Waals surface area contributed by atoms with E-state index in [0.29, 0.717) is 17.4 Å². The van der Waals surface area contributed by atoms with E-state index in [1.165, 1.54) is 12.3 Å². The molecule has 1 aliphatic rings. The highest BCUT2D eigenvalue weighted by Crippen LogP contribution is 2.24. The molecule has 128 valence electrons. The summed E-state index contributed by atoms with van der Waals surface area (Å²) in [4.78, 5) is 15.9. The van der Waals surface area contributed by atoms with E-state index in [0.717, 1.165) is 18.6 Å². The number of hydrogen-bond acceptors (Lipinski definition) is 4. The van der Waals surface area contributed by atoms with Crippen molar-refractivity contribution >= 4 is 16.7 Å². The second-order valence-electron chi connectivity index (χ2n) is 5.61. The highest BCUT2D eigenvalue weighted by molar-refractivity contribution is 7.85. The highest BCUT2D eigenvalue weighted by Gasteiger charge is 2.22. The smallest absolute Gasteiger partial charge is 0.220 e. The fraction of sp³-hybridized carbons (Fsp3) is 0.375. The molecule has 3 rings (SSSR count). The van der Waals surface area contributed by atoms with Crippen LogP contribution in [0, 0.1) is 11.6 Å². The predicted molar refractivity (Wildman–Crippen MR) is 84.6 cm³/mol. The van der Waals surface area contributed by atoms with Crippen LogP contribution in [0.4, 0.5) is 8.78 Å². The van der Waals surface area contributed by atoms with Gasteiger partial charge in [0.1, 0.15) is 11.6 Å². The van der Waals surface area contributed by atoms with E-state index in [-0.39, 0.29) is 36.1 Å². The molecule has 0 saturated carbocycles. The fourth-order valence-electron chi connectivity index (χ4n) is 2.54. The molecular weight excluding hydrogens is 338 g/mol. The molecule has 2 aromatic rings. The number of amides is 1. The first-order valence-corrected chi connectivity index (χ1v) is 9.04. The van der Waals surface area contributed by atoms with Gasteiger partial charge in [0.15, 0.2) is 11.7 Å². The van der Waals surface area contributed by atoms with Crippen LogP contribution in [0.15, 0.2) is 28.8 Å². The van der Waals surface area contributed by atoms with E-state index in [2.05, 4.69) is 10.3 Å². The van der Waals surface area contributed by atoms with Gasteiger partial charge in [-0.25, -0.2) is 13.8 Å². The van der Waals surface area contributed by atoms with Gasteiger partial charge in [-0.05, 0) is 18.6 Å². The molecule has 5 nitrogen and oxygen atoms in total. The van der Waals surface area contributed by atoms with Gasteiger partial charge in [-0.1, -0.05) is 0 Å². The van der Waals surface area contributed by atoms with Crippen LogP contribution in [0.1, 0.15) is 18.7 Å². The Morgan fingerprint density at radius 3 is 2.96 bits per heavy atom. The zero-order valence-electron chi connectivity index (χ0n) is 12.8. The van der Waals surface area contributed by atoms with Crippen LogP contribution in [0.2, 0.25) is 0 Å². The van der Waals surface area contributed by atoms with E-state index in [9.17, 15) is 17.8 Å². The Morgan fingerprint density at radius 2 is 2.25 bits per heavy atom. The maximum atomic E-state index is 13.7. The maximum Gasteiger partial charge on any atom is 0.220 e.